The Bertz CT molecular complexity index is 1190. The van der Waals surface area contributed by atoms with Crippen LogP contribution >= 0.6 is 0 Å². The summed E-state index contributed by atoms with van der Waals surface area (Å²) in [4.78, 5) is 24.6. The van der Waals surface area contributed by atoms with Gasteiger partial charge in [0.1, 0.15) is 0 Å². The summed E-state index contributed by atoms with van der Waals surface area (Å²) in [5.41, 5.74) is 0. The molecule has 0 heterocycles. The van der Waals surface area contributed by atoms with E-state index in [-0.39, 0.29) is 18.5 Å². The Morgan fingerprint density at radius 1 is 0.342 bits per heavy atom. The standard InChI is InChI=1S/C73H143NO5/c1-3-5-7-9-11-13-15-17-19-21-35-39-43-47-51-55-59-63-67-73(78)79-68-64-60-56-52-48-44-40-36-32-30-28-26-24-22-23-25-27-29-31-34-38-42-46-50-54-58-62-66-72(77)74-70(69-75)71(76)65-61-57-53-49-45-41-37-33-20-18-16-14-12-10-8-6-4-2/h19,21,70-71,75-76H,3-18,20,22-69H2,1-2H3,(H,74,77)/b21-19-. The highest BCUT2D eigenvalue weighted by atomic mass is 16.5. The number of aliphatic hydroxyl groups excluding tert-OH is 2. The zero-order valence-corrected chi connectivity index (χ0v) is 53.9. The number of nitrogens with one attached hydrogen (secondary N) is 1. The van der Waals surface area contributed by atoms with Crippen LogP contribution in [0.15, 0.2) is 12.2 Å². The average Bonchev–Trinajstić information content (AvgIpc) is 3.45. The molecule has 0 saturated carbocycles. The topological polar surface area (TPSA) is 95.9 Å². The Labute approximate surface area is 495 Å². The summed E-state index contributed by atoms with van der Waals surface area (Å²) >= 11 is 0. The van der Waals surface area contributed by atoms with Gasteiger partial charge in [0.25, 0.3) is 0 Å². The highest BCUT2D eigenvalue weighted by Crippen LogP contribution is 2.19. The van der Waals surface area contributed by atoms with Crippen LogP contribution in [0.3, 0.4) is 0 Å². The van der Waals surface area contributed by atoms with Crippen molar-refractivity contribution in [3.8, 4) is 0 Å². The van der Waals surface area contributed by atoms with Crippen molar-refractivity contribution in [2.75, 3.05) is 13.2 Å². The van der Waals surface area contributed by atoms with E-state index in [0.717, 1.165) is 44.9 Å². The molecule has 0 radical (unpaired) electrons. The Kier molecular flexibility index (Phi) is 67.9. The SMILES string of the molecule is CCCCCCCCC/C=C\CCCCCCCCCC(=O)OCCCCCCCCCCCCCCCCCCCCCCCCCCCCCC(=O)NC(CO)C(O)CCCCCCCCCCCCCCCCCCC. The lowest BCUT2D eigenvalue weighted by Crippen LogP contribution is -2.45. The molecule has 0 aliphatic heterocycles. The largest absolute Gasteiger partial charge is 0.466 e. The van der Waals surface area contributed by atoms with Gasteiger partial charge in [0.05, 0.1) is 25.4 Å². The fourth-order valence-corrected chi connectivity index (χ4v) is 11.8. The predicted molar refractivity (Wildman–Crippen MR) is 347 cm³/mol. The van der Waals surface area contributed by atoms with E-state index in [4.69, 9.17) is 4.74 Å². The monoisotopic (exact) mass is 1110 g/mol. The van der Waals surface area contributed by atoms with Crippen molar-refractivity contribution < 1.29 is 24.5 Å². The Hall–Kier alpha value is -1.40. The maximum absolute atomic E-state index is 12.5. The van der Waals surface area contributed by atoms with Crippen LogP contribution in [-0.4, -0.2) is 47.4 Å². The van der Waals surface area contributed by atoms with Crippen LogP contribution in [0.1, 0.15) is 418 Å². The number of ether oxygens (including phenoxy) is 1. The number of unbranched alkanes of at least 4 members (excludes halogenated alkanes) is 56. The van der Waals surface area contributed by atoms with Gasteiger partial charge >= 0.3 is 5.97 Å². The van der Waals surface area contributed by atoms with Crippen molar-refractivity contribution in [2.45, 2.75) is 431 Å². The molecule has 3 N–H and O–H groups in total. The van der Waals surface area contributed by atoms with Crippen LogP contribution in [-0.2, 0) is 14.3 Å². The Morgan fingerprint density at radius 2 is 0.595 bits per heavy atom. The lowest BCUT2D eigenvalue weighted by Gasteiger charge is -2.22. The van der Waals surface area contributed by atoms with Crippen LogP contribution in [0, 0.1) is 0 Å². The van der Waals surface area contributed by atoms with Crippen molar-refractivity contribution in [1.82, 2.24) is 5.32 Å². The molecule has 1 amide bonds. The minimum atomic E-state index is -0.662. The normalized spacial score (nSPS) is 12.5. The minimum Gasteiger partial charge on any atom is -0.466 e. The first kappa shape index (κ1) is 77.6. The quantitative estimate of drug-likeness (QED) is 0.0320. The third-order valence-corrected chi connectivity index (χ3v) is 17.3. The zero-order valence-electron chi connectivity index (χ0n) is 53.9. The first-order valence-corrected chi connectivity index (χ1v) is 36.4. The molecule has 0 aliphatic rings. The lowest BCUT2D eigenvalue weighted by molar-refractivity contribution is -0.143. The van der Waals surface area contributed by atoms with Gasteiger partial charge in [0.15, 0.2) is 0 Å². The molecule has 0 aromatic heterocycles. The van der Waals surface area contributed by atoms with Crippen LogP contribution in [0.5, 0.6) is 0 Å². The summed E-state index contributed by atoms with van der Waals surface area (Å²) in [6.07, 6.45) is 85.5. The van der Waals surface area contributed by atoms with E-state index in [1.54, 1.807) is 0 Å². The second-order valence-electron chi connectivity index (χ2n) is 25.3. The summed E-state index contributed by atoms with van der Waals surface area (Å²) in [6, 6.07) is -0.539. The van der Waals surface area contributed by atoms with E-state index >= 15 is 0 Å². The summed E-state index contributed by atoms with van der Waals surface area (Å²) in [7, 11) is 0. The van der Waals surface area contributed by atoms with Gasteiger partial charge in [-0.1, -0.05) is 366 Å². The van der Waals surface area contributed by atoms with Gasteiger partial charge in [-0.15, -0.1) is 0 Å². The van der Waals surface area contributed by atoms with E-state index in [9.17, 15) is 19.8 Å². The molecule has 0 bridgehead atoms. The molecule has 6 nitrogen and oxygen atoms in total. The first-order chi connectivity index (χ1) is 39.0. The molecule has 0 spiro atoms. The Morgan fingerprint density at radius 3 is 0.899 bits per heavy atom. The van der Waals surface area contributed by atoms with Crippen molar-refractivity contribution in [3.63, 3.8) is 0 Å². The predicted octanol–water partition coefficient (Wildman–Crippen LogP) is 23.5. The second kappa shape index (κ2) is 69.1. The number of hydrogen-bond acceptors (Lipinski definition) is 5. The molecule has 0 rings (SSSR count). The van der Waals surface area contributed by atoms with Crippen LogP contribution in [0.2, 0.25) is 0 Å². The molecule has 6 heteroatoms. The third-order valence-electron chi connectivity index (χ3n) is 17.3. The molecule has 0 aromatic carbocycles. The number of amides is 1. The van der Waals surface area contributed by atoms with Gasteiger partial charge in [0.2, 0.25) is 5.91 Å². The number of carbonyl (C=O) groups excluding carboxylic acids is 2. The molecule has 2 atom stereocenters. The van der Waals surface area contributed by atoms with E-state index in [2.05, 4.69) is 31.3 Å². The Balaban J connectivity index is 3.33. The molecule has 0 aliphatic carbocycles. The molecule has 0 saturated heterocycles. The fourth-order valence-electron chi connectivity index (χ4n) is 11.8. The van der Waals surface area contributed by atoms with Gasteiger partial charge in [-0.05, 0) is 51.4 Å². The number of carbonyl (C=O) groups is 2. The molecule has 470 valence electrons. The first-order valence-electron chi connectivity index (χ1n) is 36.4. The smallest absolute Gasteiger partial charge is 0.305 e. The van der Waals surface area contributed by atoms with E-state index in [0.29, 0.717) is 25.9 Å². The number of esters is 1. The third kappa shape index (κ3) is 65.6. The van der Waals surface area contributed by atoms with Crippen molar-refractivity contribution in [1.29, 1.82) is 0 Å². The second-order valence-corrected chi connectivity index (χ2v) is 25.3. The number of allylic oxidation sites excluding steroid dienone is 2. The molecule has 2 unspecified atom stereocenters. The van der Waals surface area contributed by atoms with Gasteiger partial charge in [-0.25, -0.2) is 0 Å². The maximum Gasteiger partial charge on any atom is 0.305 e. The summed E-state index contributed by atoms with van der Waals surface area (Å²) < 4.78 is 5.51. The highest BCUT2D eigenvalue weighted by molar-refractivity contribution is 5.76. The molecule has 0 fully saturated rings. The van der Waals surface area contributed by atoms with Crippen LogP contribution in [0.25, 0.3) is 0 Å². The average molecular weight is 1110 g/mol. The van der Waals surface area contributed by atoms with E-state index < -0.39 is 12.1 Å². The number of rotatable bonds is 69. The molecular formula is C73H143NO5. The van der Waals surface area contributed by atoms with Gasteiger partial charge in [0, 0.05) is 12.8 Å². The van der Waals surface area contributed by atoms with Crippen molar-refractivity contribution >= 4 is 11.9 Å². The van der Waals surface area contributed by atoms with Crippen LogP contribution in [0.4, 0.5) is 0 Å². The van der Waals surface area contributed by atoms with Crippen molar-refractivity contribution in [2.24, 2.45) is 0 Å². The highest BCUT2D eigenvalue weighted by Gasteiger charge is 2.20. The summed E-state index contributed by atoms with van der Waals surface area (Å²) in [6.45, 7) is 5.00. The summed E-state index contributed by atoms with van der Waals surface area (Å²) in [5.74, 6) is -0.0118. The van der Waals surface area contributed by atoms with Gasteiger partial charge in [-0.2, -0.15) is 0 Å². The van der Waals surface area contributed by atoms with Crippen LogP contribution < -0.4 is 5.32 Å². The molecule has 79 heavy (non-hydrogen) atoms. The number of hydrogen-bond donors (Lipinski definition) is 3. The van der Waals surface area contributed by atoms with Gasteiger partial charge in [-0.3, -0.25) is 9.59 Å². The minimum absolute atomic E-state index is 0.0163. The van der Waals surface area contributed by atoms with E-state index in [1.807, 2.05) is 0 Å². The fraction of sp³-hybridized carbons (Fsp3) is 0.945. The summed E-state index contributed by atoms with van der Waals surface area (Å²) in [5, 5.41) is 23.4. The van der Waals surface area contributed by atoms with E-state index in [1.165, 1.54) is 340 Å². The number of aliphatic hydroxyl groups is 2. The zero-order chi connectivity index (χ0) is 57.1. The molecular weight excluding hydrogens is 971 g/mol. The lowest BCUT2D eigenvalue weighted by atomic mass is 10.0. The maximum atomic E-state index is 12.5. The van der Waals surface area contributed by atoms with Gasteiger partial charge < -0.3 is 20.3 Å². The van der Waals surface area contributed by atoms with Crippen molar-refractivity contribution in [3.05, 3.63) is 12.2 Å². The molecule has 0 aromatic rings.